The van der Waals surface area contributed by atoms with Crippen LogP contribution in [0.3, 0.4) is 0 Å². The largest absolute Gasteiger partial charge is 0.383 e. The number of nitrogens with one attached hydrogen (secondary N) is 1. The van der Waals surface area contributed by atoms with Crippen LogP contribution in [0.25, 0.3) is 0 Å². The molecule has 3 heteroatoms. The van der Waals surface area contributed by atoms with E-state index in [0.29, 0.717) is 6.04 Å². The van der Waals surface area contributed by atoms with E-state index < -0.39 is 0 Å². The zero-order valence-corrected chi connectivity index (χ0v) is 10.7. The summed E-state index contributed by atoms with van der Waals surface area (Å²) in [4.78, 5) is 2.71. The molecule has 0 saturated heterocycles. The third-order valence-electron chi connectivity index (χ3n) is 4.10. The zero-order valence-electron chi connectivity index (χ0n) is 10.7. The van der Waals surface area contributed by atoms with Crippen molar-refractivity contribution in [3.63, 3.8) is 0 Å². The van der Waals surface area contributed by atoms with Gasteiger partial charge in [0.05, 0.1) is 6.61 Å². The highest BCUT2D eigenvalue weighted by Crippen LogP contribution is 2.33. The minimum Gasteiger partial charge on any atom is -0.383 e. The smallest absolute Gasteiger partial charge is 0.0589 e. The van der Waals surface area contributed by atoms with Crippen LogP contribution in [0.4, 0.5) is 0 Å². The summed E-state index contributed by atoms with van der Waals surface area (Å²) in [6, 6.07) is 2.31. The molecule has 2 aliphatic carbocycles. The molecule has 1 N–H and O–H groups in total. The number of ether oxygens (including phenoxy) is 1. The molecular formula is C13H26N2O. The van der Waals surface area contributed by atoms with Gasteiger partial charge in [0.2, 0.25) is 0 Å². The molecule has 2 rings (SSSR count). The van der Waals surface area contributed by atoms with Crippen molar-refractivity contribution < 1.29 is 4.74 Å². The first-order valence-electron chi connectivity index (χ1n) is 6.78. The second kappa shape index (κ2) is 5.99. The van der Waals surface area contributed by atoms with Gasteiger partial charge in [-0.25, -0.2) is 0 Å². The van der Waals surface area contributed by atoms with Crippen molar-refractivity contribution in [2.75, 3.05) is 27.3 Å². The van der Waals surface area contributed by atoms with Crippen molar-refractivity contribution in [3.8, 4) is 0 Å². The molecule has 2 atom stereocenters. The lowest BCUT2D eigenvalue weighted by molar-refractivity contribution is 0.0791. The van der Waals surface area contributed by atoms with Crippen molar-refractivity contribution in [1.82, 2.24) is 10.2 Å². The van der Waals surface area contributed by atoms with E-state index >= 15 is 0 Å². The molecular weight excluding hydrogens is 200 g/mol. The number of hydrogen-bond acceptors (Lipinski definition) is 3. The molecule has 3 nitrogen and oxygen atoms in total. The molecule has 0 aromatic heterocycles. The summed E-state index contributed by atoms with van der Waals surface area (Å²) in [6.45, 7) is 1.99. The third kappa shape index (κ3) is 2.96. The Balaban J connectivity index is 1.93. The second-order valence-corrected chi connectivity index (χ2v) is 5.21. The SMILES string of the molecule is CNC1CCCCC1N(CCOC)C1CC1. The topological polar surface area (TPSA) is 24.5 Å². The number of nitrogens with zero attached hydrogens (tertiary/aromatic N) is 1. The minimum absolute atomic E-state index is 0.700. The van der Waals surface area contributed by atoms with Crippen LogP contribution in [-0.2, 0) is 4.74 Å². The van der Waals surface area contributed by atoms with Gasteiger partial charge in [-0.2, -0.15) is 0 Å². The average Bonchev–Trinajstić information content (AvgIpc) is 3.14. The van der Waals surface area contributed by atoms with Crippen molar-refractivity contribution in [3.05, 3.63) is 0 Å². The molecule has 0 amide bonds. The molecule has 0 bridgehead atoms. The summed E-state index contributed by atoms with van der Waals surface area (Å²) in [7, 11) is 3.92. The van der Waals surface area contributed by atoms with Crippen LogP contribution in [0, 0.1) is 0 Å². The quantitative estimate of drug-likeness (QED) is 0.745. The summed E-state index contributed by atoms with van der Waals surface area (Å²) in [5.74, 6) is 0. The first-order valence-corrected chi connectivity index (χ1v) is 6.78. The van der Waals surface area contributed by atoms with Gasteiger partial charge in [-0.3, -0.25) is 4.90 Å². The molecule has 0 aliphatic heterocycles. The molecule has 2 aliphatic rings. The predicted molar refractivity (Wildman–Crippen MR) is 66.7 cm³/mol. The van der Waals surface area contributed by atoms with E-state index in [4.69, 9.17) is 4.74 Å². The molecule has 0 heterocycles. The van der Waals surface area contributed by atoms with Crippen molar-refractivity contribution >= 4 is 0 Å². The Morgan fingerprint density at radius 2 is 1.94 bits per heavy atom. The fourth-order valence-corrected chi connectivity index (χ4v) is 3.07. The van der Waals surface area contributed by atoms with Gasteiger partial charge in [0.1, 0.15) is 0 Å². The van der Waals surface area contributed by atoms with Gasteiger partial charge in [-0.15, -0.1) is 0 Å². The van der Waals surface area contributed by atoms with Gasteiger partial charge < -0.3 is 10.1 Å². The number of hydrogen-bond donors (Lipinski definition) is 1. The van der Waals surface area contributed by atoms with Crippen LogP contribution in [-0.4, -0.2) is 50.3 Å². The molecule has 16 heavy (non-hydrogen) atoms. The standard InChI is InChI=1S/C13H26N2O/c1-14-12-5-3-4-6-13(12)15(9-10-16-2)11-7-8-11/h11-14H,3-10H2,1-2H3. The Morgan fingerprint density at radius 1 is 1.19 bits per heavy atom. The Labute approximate surface area is 99.5 Å². The minimum atomic E-state index is 0.700. The fraction of sp³-hybridized carbons (Fsp3) is 1.00. The maximum Gasteiger partial charge on any atom is 0.0589 e. The number of methoxy groups -OCH3 is 1. The molecule has 0 radical (unpaired) electrons. The molecule has 0 spiro atoms. The van der Waals surface area contributed by atoms with Crippen molar-refractivity contribution in [2.24, 2.45) is 0 Å². The molecule has 0 aromatic carbocycles. The van der Waals surface area contributed by atoms with Crippen molar-refractivity contribution in [2.45, 2.75) is 56.7 Å². The maximum atomic E-state index is 5.25. The van der Waals surface area contributed by atoms with E-state index in [-0.39, 0.29) is 0 Å². The highest BCUT2D eigenvalue weighted by molar-refractivity contribution is 4.95. The second-order valence-electron chi connectivity index (χ2n) is 5.21. The van der Waals surface area contributed by atoms with Crippen LogP contribution in [0.5, 0.6) is 0 Å². The number of rotatable bonds is 6. The molecule has 2 unspecified atom stereocenters. The summed E-state index contributed by atoms with van der Waals surface area (Å²) >= 11 is 0. The van der Waals surface area contributed by atoms with Crippen LogP contribution in [0.1, 0.15) is 38.5 Å². The number of likely N-dealkylation sites (N-methyl/N-ethyl adjacent to an activating group) is 1. The predicted octanol–water partition coefficient (Wildman–Crippen LogP) is 1.63. The van der Waals surface area contributed by atoms with E-state index in [1.165, 1.54) is 38.5 Å². The molecule has 0 aromatic rings. The Bertz CT molecular complexity index is 206. The van der Waals surface area contributed by atoms with Crippen LogP contribution in [0.15, 0.2) is 0 Å². The zero-order chi connectivity index (χ0) is 11.4. The van der Waals surface area contributed by atoms with Gasteiger partial charge in [0, 0.05) is 31.8 Å². The highest BCUT2D eigenvalue weighted by Gasteiger charge is 2.37. The highest BCUT2D eigenvalue weighted by atomic mass is 16.5. The monoisotopic (exact) mass is 226 g/mol. The van der Waals surface area contributed by atoms with Gasteiger partial charge in [0.15, 0.2) is 0 Å². The van der Waals surface area contributed by atoms with Crippen LogP contribution < -0.4 is 5.32 Å². The first kappa shape index (κ1) is 12.3. The van der Waals surface area contributed by atoms with Gasteiger partial charge in [-0.05, 0) is 32.7 Å². The first-order chi connectivity index (χ1) is 7.86. The lowest BCUT2D eigenvalue weighted by Gasteiger charge is -2.40. The van der Waals surface area contributed by atoms with Gasteiger partial charge in [0.25, 0.3) is 0 Å². The maximum absolute atomic E-state index is 5.25. The Morgan fingerprint density at radius 3 is 2.56 bits per heavy atom. The van der Waals surface area contributed by atoms with E-state index in [0.717, 1.165) is 25.2 Å². The van der Waals surface area contributed by atoms with Gasteiger partial charge >= 0.3 is 0 Å². The fourth-order valence-electron chi connectivity index (χ4n) is 3.07. The van der Waals surface area contributed by atoms with Crippen LogP contribution >= 0.6 is 0 Å². The van der Waals surface area contributed by atoms with Crippen molar-refractivity contribution in [1.29, 1.82) is 0 Å². The Kier molecular flexibility index (Phi) is 4.62. The Hall–Kier alpha value is -0.120. The van der Waals surface area contributed by atoms with E-state index in [1.54, 1.807) is 0 Å². The summed E-state index contributed by atoms with van der Waals surface area (Å²) in [6.07, 6.45) is 8.31. The van der Waals surface area contributed by atoms with E-state index in [2.05, 4.69) is 17.3 Å². The third-order valence-corrected chi connectivity index (χ3v) is 4.10. The van der Waals surface area contributed by atoms with Gasteiger partial charge in [-0.1, -0.05) is 12.8 Å². The van der Waals surface area contributed by atoms with Crippen LogP contribution in [0.2, 0.25) is 0 Å². The summed E-state index contributed by atoms with van der Waals surface area (Å²) in [5, 5.41) is 3.51. The molecule has 2 saturated carbocycles. The summed E-state index contributed by atoms with van der Waals surface area (Å²) in [5.41, 5.74) is 0. The average molecular weight is 226 g/mol. The van der Waals surface area contributed by atoms with E-state index in [1.807, 2.05) is 7.11 Å². The lowest BCUT2D eigenvalue weighted by atomic mass is 9.89. The normalized spacial score (nSPS) is 30.9. The molecule has 94 valence electrons. The summed E-state index contributed by atoms with van der Waals surface area (Å²) < 4.78 is 5.25. The lowest BCUT2D eigenvalue weighted by Crippen LogP contribution is -2.52. The molecule has 2 fully saturated rings. The van der Waals surface area contributed by atoms with E-state index in [9.17, 15) is 0 Å².